The third-order valence-corrected chi connectivity index (χ3v) is 4.98. The highest BCUT2D eigenvalue weighted by atomic mass is 16.5. The van der Waals surface area contributed by atoms with Gasteiger partial charge >= 0.3 is 0 Å². The van der Waals surface area contributed by atoms with E-state index in [-0.39, 0.29) is 0 Å². The molecule has 1 aliphatic rings. The largest absolute Gasteiger partial charge is 0.494 e. The van der Waals surface area contributed by atoms with E-state index in [1.165, 1.54) is 32.4 Å². The smallest absolute Gasteiger partial charge is 0.178 e. The van der Waals surface area contributed by atoms with E-state index < -0.39 is 0 Å². The fourth-order valence-electron chi connectivity index (χ4n) is 3.54. The van der Waals surface area contributed by atoms with Crippen molar-refractivity contribution < 1.29 is 4.74 Å². The summed E-state index contributed by atoms with van der Waals surface area (Å²) >= 11 is 0. The molecule has 0 radical (unpaired) electrons. The topological polar surface area (TPSA) is 55.6 Å². The number of fused-ring (bicyclic) bond motifs is 1. The number of aromatic nitrogens is 4. The minimum atomic E-state index is 0.753. The van der Waals surface area contributed by atoms with Crippen molar-refractivity contribution in [3.63, 3.8) is 0 Å². The van der Waals surface area contributed by atoms with Crippen LogP contribution >= 0.6 is 0 Å². The maximum absolute atomic E-state index is 5.91. The maximum Gasteiger partial charge on any atom is 0.178 e. The van der Waals surface area contributed by atoms with Gasteiger partial charge in [-0.2, -0.15) is 5.10 Å². The van der Waals surface area contributed by atoms with Gasteiger partial charge in [0.15, 0.2) is 5.65 Å². The molecule has 0 atom stereocenters. The van der Waals surface area contributed by atoms with Gasteiger partial charge in [0.05, 0.1) is 12.3 Å². The van der Waals surface area contributed by atoms with Crippen molar-refractivity contribution in [2.75, 3.05) is 26.2 Å². The molecule has 0 bridgehead atoms. The van der Waals surface area contributed by atoms with Gasteiger partial charge in [-0.05, 0) is 63.0 Å². The molecule has 1 aliphatic heterocycles. The van der Waals surface area contributed by atoms with E-state index in [1.807, 2.05) is 25.1 Å². The van der Waals surface area contributed by atoms with E-state index in [4.69, 9.17) is 4.74 Å². The van der Waals surface area contributed by atoms with E-state index >= 15 is 0 Å². The van der Waals surface area contributed by atoms with Crippen molar-refractivity contribution in [3.8, 4) is 16.9 Å². The second-order valence-electron chi connectivity index (χ2n) is 6.91. The lowest BCUT2D eigenvalue weighted by atomic mass is 10.1. The molecule has 4 rings (SSSR count). The SMILES string of the molecule is Cc1nn2cnnc2cc1-c1ccc(OCCCN2CCCCC2)cc1. The number of benzene rings is 1. The lowest BCUT2D eigenvalue weighted by molar-refractivity contribution is 0.205. The van der Waals surface area contributed by atoms with Crippen LogP contribution in [0.3, 0.4) is 0 Å². The molecule has 1 aromatic carbocycles. The Kier molecular flexibility index (Phi) is 5.11. The molecule has 3 aromatic rings. The van der Waals surface area contributed by atoms with Crippen molar-refractivity contribution in [1.29, 1.82) is 0 Å². The molecule has 6 nitrogen and oxygen atoms in total. The minimum absolute atomic E-state index is 0.753. The number of nitrogens with zero attached hydrogens (tertiary/aromatic N) is 5. The first kappa shape index (κ1) is 17.0. The van der Waals surface area contributed by atoms with Gasteiger partial charge in [0, 0.05) is 12.1 Å². The van der Waals surface area contributed by atoms with E-state index in [2.05, 4.69) is 32.3 Å². The lowest BCUT2D eigenvalue weighted by Crippen LogP contribution is -2.31. The molecule has 26 heavy (non-hydrogen) atoms. The number of hydrogen-bond donors (Lipinski definition) is 0. The molecule has 0 unspecified atom stereocenters. The summed E-state index contributed by atoms with van der Waals surface area (Å²) in [7, 11) is 0. The molecule has 0 N–H and O–H groups in total. The van der Waals surface area contributed by atoms with Gasteiger partial charge in [-0.1, -0.05) is 18.6 Å². The Morgan fingerprint density at radius 2 is 1.88 bits per heavy atom. The van der Waals surface area contributed by atoms with Crippen molar-refractivity contribution >= 4 is 5.65 Å². The number of hydrogen-bond acceptors (Lipinski definition) is 5. The highest BCUT2D eigenvalue weighted by Gasteiger charge is 2.10. The first-order valence-electron chi connectivity index (χ1n) is 9.43. The molecule has 3 heterocycles. The lowest BCUT2D eigenvalue weighted by Gasteiger charge is -2.26. The van der Waals surface area contributed by atoms with Gasteiger partial charge in [0.2, 0.25) is 0 Å². The Morgan fingerprint density at radius 1 is 1.08 bits per heavy atom. The van der Waals surface area contributed by atoms with Gasteiger partial charge in [-0.3, -0.25) is 0 Å². The summed E-state index contributed by atoms with van der Waals surface area (Å²) in [6.07, 6.45) is 6.77. The fourth-order valence-corrected chi connectivity index (χ4v) is 3.54. The first-order chi connectivity index (χ1) is 12.8. The normalized spacial score (nSPS) is 15.4. The predicted molar refractivity (Wildman–Crippen MR) is 101 cm³/mol. The molecule has 1 fully saturated rings. The highest BCUT2D eigenvalue weighted by Crippen LogP contribution is 2.25. The monoisotopic (exact) mass is 351 g/mol. The molecule has 0 aliphatic carbocycles. The molecule has 0 amide bonds. The summed E-state index contributed by atoms with van der Waals surface area (Å²) in [4.78, 5) is 2.55. The van der Waals surface area contributed by atoms with Crippen LogP contribution in [0.15, 0.2) is 36.7 Å². The third-order valence-electron chi connectivity index (χ3n) is 4.98. The average Bonchev–Trinajstić information content (AvgIpc) is 3.13. The number of aryl methyl sites for hydroxylation is 1. The van der Waals surface area contributed by atoms with E-state index in [9.17, 15) is 0 Å². The molecule has 1 saturated heterocycles. The number of rotatable bonds is 6. The summed E-state index contributed by atoms with van der Waals surface area (Å²) in [5.41, 5.74) is 3.89. The highest BCUT2D eigenvalue weighted by molar-refractivity contribution is 5.69. The van der Waals surface area contributed by atoms with Crippen molar-refractivity contribution in [3.05, 3.63) is 42.4 Å². The van der Waals surface area contributed by atoms with Gasteiger partial charge in [0.25, 0.3) is 0 Å². The summed E-state index contributed by atoms with van der Waals surface area (Å²) in [5.74, 6) is 0.918. The Balaban J connectivity index is 1.34. The average molecular weight is 351 g/mol. The molecule has 2 aromatic heterocycles. The van der Waals surface area contributed by atoms with Crippen molar-refractivity contribution in [1.82, 2.24) is 24.7 Å². The van der Waals surface area contributed by atoms with Crippen molar-refractivity contribution in [2.45, 2.75) is 32.6 Å². The Labute approximate surface area is 153 Å². The molecular formula is C20H25N5O. The zero-order chi connectivity index (χ0) is 17.8. The van der Waals surface area contributed by atoms with Gasteiger partial charge in [-0.15, -0.1) is 10.2 Å². The number of ether oxygens (including phenoxy) is 1. The quantitative estimate of drug-likeness (QED) is 0.638. The number of likely N-dealkylation sites (tertiary alicyclic amines) is 1. The fraction of sp³-hybridized carbons (Fsp3) is 0.450. The second-order valence-corrected chi connectivity index (χ2v) is 6.91. The maximum atomic E-state index is 5.91. The van der Waals surface area contributed by atoms with Crippen LogP contribution in [0.25, 0.3) is 16.8 Å². The summed E-state index contributed by atoms with van der Waals surface area (Å²) in [5, 5.41) is 12.5. The Bertz CT molecular complexity index is 852. The standard InChI is InChI=1S/C20H25N5O/c1-16-19(14-20-22-21-15-25(20)23-16)17-6-8-18(9-7-17)26-13-5-12-24-10-3-2-4-11-24/h6-9,14-15H,2-5,10-13H2,1H3. The molecule has 136 valence electrons. The molecule has 6 heteroatoms. The van der Waals surface area contributed by atoms with Gasteiger partial charge in [-0.25, -0.2) is 4.52 Å². The third kappa shape index (κ3) is 3.85. The first-order valence-corrected chi connectivity index (χ1v) is 9.43. The molecule has 0 saturated carbocycles. The Morgan fingerprint density at radius 3 is 2.69 bits per heavy atom. The van der Waals surface area contributed by atoms with Crippen LogP contribution in [0.2, 0.25) is 0 Å². The van der Waals surface area contributed by atoms with Crippen LogP contribution in [0.5, 0.6) is 5.75 Å². The van der Waals surface area contributed by atoms with E-state index in [1.54, 1.807) is 10.8 Å². The Hall–Kier alpha value is -2.47. The van der Waals surface area contributed by atoms with Gasteiger partial charge < -0.3 is 9.64 Å². The van der Waals surface area contributed by atoms with Crippen LogP contribution in [0.1, 0.15) is 31.4 Å². The van der Waals surface area contributed by atoms with E-state index in [0.29, 0.717) is 0 Å². The summed E-state index contributed by atoms with van der Waals surface area (Å²) in [6.45, 7) is 6.40. The van der Waals surface area contributed by atoms with Crippen LogP contribution < -0.4 is 4.74 Å². The van der Waals surface area contributed by atoms with Crippen LogP contribution in [-0.4, -0.2) is 51.0 Å². The van der Waals surface area contributed by atoms with Crippen LogP contribution in [-0.2, 0) is 0 Å². The zero-order valence-corrected chi connectivity index (χ0v) is 15.3. The molecular weight excluding hydrogens is 326 g/mol. The summed E-state index contributed by atoms with van der Waals surface area (Å²) < 4.78 is 7.60. The van der Waals surface area contributed by atoms with Crippen LogP contribution in [0.4, 0.5) is 0 Å². The second kappa shape index (κ2) is 7.83. The number of piperidine rings is 1. The zero-order valence-electron chi connectivity index (χ0n) is 15.3. The van der Waals surface area contributed by atoms with E-state index in [0.717, 1.165) is 47.8 Å². The minimum Gasteiger partial charge on any atom is -0.494 e. The summed E-state index contributed by atoms with van der Waals surface area (Å²) in [6, 6.07) is 10.2. The van der Waals surface area contributed by atoms with Crippen LogP contribution in [0, 0.1) is 6.92 Å². The van der Waals surface area contributed by atoms with Crippen molar-refractivity contribution in [2.24, 2.45) is 0 Å². The predicted octanol–water partition coefficient (Wildman–Crippen LogP) is 3.35. The van der Waals surface area contributed by atoms with Gasteiger partial charge in [0.1, 0.15) is 12.1 Å². The molecule has 0 spiro atoms.